The van der Waals surface area contributed by atoms with E-state index in [1.54, 1.807) is 0 Å². The Hall–Kier alpha value is -2.22. The van der Waals surface area contributed by atoms with Crippen LogP contribution in [-0.4, -0.2) is 11.6 Å². The molecule has 2 nitrogen and oxygen atoms in total. The van der Waals surface area contributed by atoms with Crippen LogP contribution >= 0.6 is 0 Å². The van der Waals surface area contributed by atoms with Crippen LogP contribution in [-0.2, 0) is 22.4 Å². The lowest BCUT2D eigenvalue weighted by Gasteiger charge is -2.03. The second-order valence-electron chi connectivity index (χ2n) is 5.17. The molecule has 2 rings (SSSR count). The Kier molecular flexibility index (Phi) is 4.46. The summed E-state index contributed by atoms with van der Waals surface area (Å²) in [6.45, 7) is 3.99. The van der Waals surface area contributed by atoms with Gasteiger partial charge in [0.05, 0.1) is 0 Å². The van der Waals surface area contributed by atoms with Crippen LogP contribution in [0, 0.1) is 13.8 Å². The van der Waals surface area contributed by atoms with Crippen LogP contribution in [0.5, 0.6) is 0 Å². The smallest absolute Gasteiger partial charge is 0.203 e. The second-order valence-corrected chi connectivity index (χ2v) is 5.17. The molecular formula is C18H18O2. The number of hydrogen-bond donors (Lipinski definition) is 0. The molecule has 0 unspecified atom stereocenters. The molecule has 0 saturated heterocycles. The molecule has 0 bridgehead atoms. The normalized spacial score (nSPS) is 10.3. The van der Waals surface area contributed by atoms with Crippen LogP contribution in [0.15, 0.2) is 48.5 Å². The van der Waals surface area contributed by atoms with E-state index in [1.807, 2.05) is 62.4 Å². The molecule has 0 aliphatic rings. The molecule has 0 aliphatic heterocycles. The van der Waals surface area contributed by atoms with Crippen LogP contribution in [0.1, 0.15) is 22.3 Å². The van der Waals surface area contributed by atoms with Crippen molar-refractivity contribution in [1.82, 2.24) is 0 Å². The van der Waals surface area contributed by atoms with Gasteiger partial charge in [0.15, 0.2) is 0 Å². The van der Waals surface area contributed by atoms with Gasteiger partial charge in [-0.3, -0.25) is 9.59 Å². The molecule has 0 fully saturated rings. The summed E-state index contributed by atoms with van der Waals surface area (Å²) < 4.78 is 0. The third kappa shape index (κ3) is 3.89. The third-order valence-corrected chi connectivity index (χ3v) is 3.28. The highest BCUT2D eigenvalue weighted by Gasteiger charge is 2.14. The fraction of sp³-hybridized carbons (Fsp3) is 0.222. The number of carbonyl (C=O) groups is 2. The standard InChI is InChI=1S/C18H18O2/c1-13-3-7-15(8-4-13)11-17(19)18(20)12-16-9-5-14(2)6-10-16/h3-10H,11-12H2,1-2H3. The Morgan fingerprint density at radius 2 is 0.950 bits per heavy atom. The van der Waals surface area contributed by atoms with Crippen molar-refractivity contribution in [2.24, 2.45) is 0 Å². The van der Waals surface area contributed by atoms with Gasteiger partial charge in [-0.05, 0) is 25.0 Å². The van der Waals surface area contributed by atoms with Gasteiger partial charge in [-0.1, -0.05) is 59.7 Å². The Labute approximate surface area is 119 Å². The molecule has 0 aliphatic carbocycles. The summed E-state index contributed by atoms with van der Waals surface area (Å²) in [5.41, 5.74) is 4.06. The van der Waals surface area contributed by atoms with E-state index >= 15 is 0 Å². The lowest BCUT2D eigenvalue weighted by Crippen LogP contribution is -2.18. The zero-order valence-corrected chi connectivity index (χ0v) is 11.8. The predicted molar refractivity (Wildman–Crippen MR) is 79.8 cm³/mol. The summed E-state index contributed by atoms with van der Waals surface area (Å²) in [6.07, 6.45) is 0.371. The van der Waals surface area contributed by atoms with E-state index in [9.17, 15) is 9.59 Å². The third-order valence-electron chi connectivity index (χ3n) is 3.28. The van der Waals surface area contributed by atoms with E-state index in [-0.39, 0.29) is 24.4 Å². The van der Waals surface area contributed by atoms with Gasteiger partial charge in [-0.15, -0.1) is 0 Å². The SMILES string of the molecule is Cc1ccc(CC(=O)C(=O)Cc2ccc(C)cc2)cc1. The Bertz CT molecular complexity index is 549. The highest BCUT2D eigenvalue weighted by molar-refractivity contribution is 6.38. The molecule has 0 atom stereocenters. The summed E-state index contributed by atoms with van der Waals surface area (Å²) in [4.78, 5) is 23.8. The van der Waals surface area contributed by atoms with Crippen LogP contribution in [0.25, 0.3) is 0 Å². The average molecular weight is 266 g/mol. The molecule has 20 heavy (non-hydrogen) atoms. The number of rotatable bonds is 5. The Morgan fingerprint density at radius 3 is 1.25 bits per heavy atom. The monoisotopic (exact) mass is 266 g/mol. The molecule has 0 aromatic heterocycles. The molecule has 0 spiro atoms. The predicted octanol–water partition coefficient (Wildman–Crippen LogP) is 3.23. The van der Waals surface area contributed by atoms with Crippen molar-refractivity contribution in [3.63, 3.8) is 0 Å². The molecule has 102 valence electrons. The highest BCUT2D eigenvalue weighted by Crippen LogP contribution is 2.08. The molecule has 2 aromatic rings. The summed E-state index contributed by atoms with van der Waals surface area (Å²) in [5.74, 6) is -0.649. The highest BCUT2D eigenvalue weighted by atomic mass is 16.2. The Balaban J connectivity index is 1.96. The van der Waals surface area contributed by atoms with Crippen LogP contribution in [0.3, 0.4) is 0 Å². The number of hydrogen-bond acceptors (Lipinski definition) is 2. The first-order chi connectivity index (χ1) is 9.54. The minimum atomic E-state index is -0.325. The quantitative estimate of drug-likeness (QED) is 0.779. The van der Waals surface area contributed by atoms with Gasteiger partial charge in [0.25, 0.3) is 0 Å². The van der Waals surface area contributed by atoms with Gasteiger partial charge in [0.2, 0.25) is 11.6 Å². The maximum absolute atomic E-state index is 11.9. The number of benzene rings is 2. The van der Waals surface area contributed by atoms with E-state index < -0.39 is 0 Å². The van der Waals surface area contributed by atoms with Gasteiger partial charge < -0.3 is 0 Å². The number of Topliss-reactive ketones (excluding diaryl/α,β-unsaturated/α-hetero) is 2. The van der Waals surface area contributed by atoms with E-state index in [2.05, 4.69) is 0 Å². The fourth-order valence-electron chi connectivity index (χ4n) is 1.98. The molecule has 2 heteroatoms. The first kappa shape index (κ1) is 14.2. The maximum Gasteiger partial charge on any atom is 0.203 e. The number of aryl methyl sites for hydroxylation is 2. The van der Waals surface area contributed by atoms with E-state index in [0.29, 0.717) is 0 Å². The van der Waals surface area contributed by atoms with Crippen LogP contribution < -0.4 is 0 Å². The van der Waals surface area contributed by atoms with Crippen molar-refractivity contribution >= 4 is 11.6 Å². The van der Waals surface area contributed by atoms with Crippen LogP contribution in [0.4, 0.5) is 0 Å². The minimum Gasteiger partial charge on any atom is -0.291 e. The van der Waals surface area contributed by atoms with E-state index in [0.717, 1.165) is 22.3 Å². The molecule has 0 saturated carbocycles. The molecule has 0 amide bonds. The summed E-state index contributed by atoms with van der Waals surface area (Å²) in [6, 6.07) is 15.4. The van der Waals surface area contributed by atoms with Crippen molar-refractivity contribution in [1.29, 1.82) is 0 Å². The van der Waals surface area contributed by atoms with Gasteiger partial charge in [-0.25, -0.2) is 0 Å². The first-order valence-electron chi connectivity index (χ1n) is 6.72. The topological polar surface area (TPSA) is 34.1 Å². The van der Waals surface area contributed by atoms with Crippen molar-refractivity contribution in [2.45, 2.75) is 26.7 Å². The average Bonchev–Trinajstić information content (AvgIpc) is 2.44. The summed E-state index contributed by atoms with van der Waals surface area (Å²) in [5, 5.41) is 0. The number of carbonyl (C=O) groups excluding carboxylic acids is 2. The molecule has 0 N–H and O–H groups in total. The van der Waals surface area contributed by atoms with Crippen LogP contribution in [0.2, 0.25) is 0 Å². The lowest BCUT2D eigenvalue weighted by molar-refractivity contribution is -0.135. The van der Waals surface area contributed by atoms with Gasteiger partial charge in [0.1, 0.15) is 0 Å². The van der Waals surface area contributed by atoms with Crippen molar-refractivity contribution in [3.8, 4) is 0 Å². The lowest BCUT2D eigenvalue weighted by atomic mass is 10.0. The van der Waals surface area contributed by atoms with E-state index in [4.69, 9.17) is 0 Å². The van der Waals surface area contributed by atoms with Gasteiger partial charge in [0, 0.05) is 12.8 Å². The summed E-state index contributed by atoms with van der Waals surface area (Å²) >= 11 is 0. The summed E-state index contributed by atoms with van der Waals surface area (Å²) in [7, 11) is 0. The second kappa shape index (κ2) is 6.29. The van der Waals surface area contributed by atoms with Gasteiger partial charge >= 0.3 is 0 Å². The molecule has 2 aromatic carbocycles. The molecular weight excluding hydrogens is 248 g/mol. The Morgan fingerprint density at radius 1 is 0.650 bits per heavy atom. The van der Waals surface area contributed by atoms with Crippen molar-refractivity contribution in [3.05, 3.63) is 70.8 Å². The minimum absolute atomic E-state index is 0.185. The number of ketones is 2. The zero-order valence-electron chi connectivity index (χ0n) is 11.8. The largest absolute Gasteiger partial charge is 0.291 e. The van der Waals surface area contributed by atoms with Gasteiger partial charge in [-0.2, -0.15) is 0 Å². The van der Waals surface area contributed by atoms with Crippen molar-refractivity contribution < 1.29 is 9.59 Å². The maximum atomic E-state index is 11.9. The molecule has 0 heterocycles. The fourth-order valence-corrected chi connectivity index (χ4v) is 1.98. The molecule has 0 radical (unpaired) electrons. The van der Waals surface area contributed by atoms with Crippen molar-refractivity contribution in [2.75, 3.05) is 0 Å². The van der Waals surface area contributed by atoms with E-state index in [1.165, 1.54) is 0 Å². The first-order valence-corrected chi connectivity index (χ1v) is 6.72. The zero-order chi connectivity index (χ0) is 14.5.